The van der Waals surface area contributed by atoms with Crippen LogP contribution in [-0.4, -0.2) is 24.2 Å². The molecule has 0 saturated heterocycles. The molecule has 1 rings (SSSR count). The molecule has 0 aliphatic rings. The molecule has 0 aliphatic heterocycles. The van der Waals surface area contributed by atoms with E-state index in [-0.39, 0.29) is 23.6 Å². The first-order chi connectivity index (χ1) is 7.67. The van der Waals surface area contributed by atoms with Crippen molar-refractivity contribution >= 4 is 5.97 Å². The molecule has 1 heterocycles. The number of carbonyl (C=O) groups is 1. The standard InChI is InChI=1S/C11H15NO4/c1-3-5-16-10-7-8(6-9(13)12-10)11(14)15-4-2/h6-7H,3-5H2,1-2H3,(H,12,13). The van der Waals surface area contributed by atoms with Crippen LogP contribution in [0.3, 0.4) is 0 Å². The molecule has 16 heavy (non-hydrogen) atoms. The number of H-pyrrole nitrogens is 1. The molecular formula is C11H15NO4. The maximum Gasteiger partial charge on any atom is 0.338 e. The fourth-order valence-electron chi connectivity index (χ4n) is 1.14. The summed E-state index contributed by atoms with van der Waals surface area (Å²) in [5.74, 6) is -0.229. The average Bonchev–Trinajstić information content (AvgIpc) is 2.26. The number of carbonyl (C=O) groups excluding carboxylic acids is 1. The lowest BCUT2D eigenvalue weighted by atomic mass is 10.2. The summed E-state index contributed by atoms with van der Waals surface area (Å²) in [6.45, 7) is 4.42. The molecule has 1 aromatic rings. The Morgan fingerprint density at radius 1 is 1.38 bits per heavy atom. The van der Waals surface area contributed by atoms with Gasteiger partial charge < -0.3 is 9.47 Å². The molecule has 0 radical (unpaired) electrons. The second-order valence-electron chi connectivity index (χ2n) is 3.17. The number of hydrogen-bond donors (Lipinski definition) is 1. The van der Waals surface area contributed by atoms with Crippen molar-refractivity contribution in [3.8, 4) is 5.88 Å². The summed E-state index contributed by atoms with van der Waals surface area (Å²) in [6.07, 6.45) is 0.825. The van der Waals surface area contributed by atoms with Gasteiger partial charge >= 0.3 is 5.97 Å². The first-order valence-corrected chi connectivity index (χ1v) is 5.21. The van der Waals surface area contributed by atoms with E-state index in [4.69, 9.17) is 9.47 Å². The zero-order chi connectivity index (χ0) is 12.0. The molecule has 0 unspecified atom stereocenters. The van der Waals surface area contributed by atoms with E-state index in [2.05, 4.69) is 4.98 Å². The quantitative estimate of drug-likeness (QED) is 0.768. The second-order valence-corrected chi connectivity index (χ2v) is 3.17. The van der Waals surface area contributed by atoms with Crippen molar-refractivity contribution in [2.45, 2.75) is 20.3 Å². The van der Waals surface area contributed by atoms with Crippen molar-refractivity contribution in [2.75, 3.05) is 13.2 Å². The molecule has 0 bridgehead atoms. The van der Waals surface area contributed by atoms with Gasteiger partial charge in [0.25, 0.3) is 5.56 Å². The van der Waals surface area contributed by atoms with Gasteiger partial charge in [0.1, 0.15) is 0 Å². The molecule has 0 fully saturated rings. The Morgan fingerprint density at radius 2 is 2.12 bits per heavy atom. The summed E-state index contributed by atoms with van der Waals surface area (Å²) >= 11 is 0. The van der Waals surface area contributed by atoms with Gasteiger partial charge in [0.05, 0.1) is 18.8 Å². The lowest BCUT2D eigenvalue weighted by molar-refractivity contribution is 0.0525. The van der Waals surface area contributed by atoms with Crippen LogP contribution in [0.5, 0.6) is 5.88 Å². The molecule has 0 aromatic carbocycles. The van der Waals surface area contributed by atoms with E-state index >= 15 is 0 Å². The Bertz CT molecular complexity index is 411. The zero-order valence-electron chi connectivity index (χ0n) is 9.41. The predicted molar refractivity (Wildman–Crippen MR) is 58.8 cm³/mol. The Kier molecular flexibility index (Phi) is 4.57. The zero-order valence-corrected chi connectivity index (χ0v) is 9.41. The van der Waals surface area contributed by atoms with Gasteiger partial charge in [0.15, 0.2) is 5.88 Å². The molecule has 0 aliphatic carbocycles. The third-order valence-corrected chi connectivity index (χ3v) is 1.79. The van der Waals surface area contributed by atoms with Gasteiger partial charge in [-0.3, -0.25) is 9.78 Å². The van der Waals surface area contributed by atoms with Crippen LogP contribution in [0.15, 0.2) is 16.9 Å². The third kappa shape index (κ3) is 3.42. The van der Waals surface area contributed by atoms with E-state index in [9.17, 15) is 9.59 Å². The Balaban J connectivity index is 2.89. The van der Waals surface area contributed by atoms with Crippen molar-refractivity contribution in [3.63, 3.8) is 0 Å². The minimum Gasteiger partial charge on any atom is -0.479 e. The molecule has 5 heteroatoms. The highest BCUT2D eigenvalue weighted by Gasteiger charge is 2.09. The Morgan fingerprint density at radius 3 is 2.75 bits per heavy atom. The smallest absolute Gasteiger partial charge is 0.338 e. The first-order valence-electron chi connectivity index (χ1n) is 5.21. The van der Waals surface area contributed by atoms with Gasteiger partial charge in [-0.15, -0.1) is 0 Å². The van der Waals surface area contributed by atoms with Crippen LogP contribution < -0.4 is 10.3 Å². The number of aromatic amines is 1. The summed E-state index contributed by atoms with van der Waals surface area (Å²) in [7, 11) is 0. The Hall–Kier alpha value is -1.78. The van der Waals surface area contributed by atoms with Gasteiger partial charge in [-0.1, -0.05) is 6.92 Å². The highest BCUT2D eigenvalue weighted by atomic mass is 16.5. The minimum atomic E-state index is -0.519. The fraction of sp³-hybridized carbons (Fsp3) is 0.455. The third-order valence-electron chi connectivity index (χ3n) is 1.79. The van der Waals surface area contributed by atoms with Crippen LogP contribution in [-0.2, 0) is 4.74 Å². The molecule has 1 aromatic heterocycles. The van der Waals surface area contributed by atoms with E-state index in [1.165, 1.54) is 12.1 Å². The maximum atomic E-state index is 11.4. The topological polar surface area (TPSA) is 68.4 Å². The Labute approximate surface area is 93.4 Å². The summed E-state index contributed by atoms with van der Waals surface area (Å²) in [4.78, 5) is 25.1. The van der Waals surface area contributed by atoms with Crippen molar-refractivity contribution in [1.29, 1.82) is 0 Å². The van der Waals surface area contributed by atoms with E-state index < -0.39 is 5.97 Å². The number of pyridine rings is 1. The molecule has 0 amide bonds. The van der Waals surface area contributed by atoms with Crippen LogP contribution in [0.25, 0.3) is 0 Å². The summed E-state index contributed by atoms with van der Waals surface area (Å²) in [5, 5.41) is 0. The largest absolute Gasteiger partial charge is 0.479 e. The van der Waals surface area contributed by atoms with E-state index in [0.717, 1.165) is 6.42 Å². The summed E-state index contributed by atoms with van der Waals surface area (Å²) in [6, 6.07) is 2.66. The molecule has 5 nitrogen and oxygen atoms in total. The summed E-state index contributed by atoms with van der Waals surface area (Å²) in [5.41, 5.74) is -0.173. The highest BCUT2D eigenvalue weighted by molar-refractivity contribution is 5.89. The van der Waals surface area contributed by atoms with E-state index in [1.807, 2.05) is 6.92 Å². The van der Waals surface area contributed by atoms with Crippen molar-refractivity contribution in [3.05, 3.63) is 28.0 Å². The van der Waals surface area contributed by atoms with Crippen molar-refractivity contribution < 1.29 is 14.3 Å². The molecule has 88 valence electrons. The van der Waals surface area contributed by atoms with E-state index in [0.29, 0.717) is 6.61 Å². The molecule has 0 spiro atoms. The van der Waals surface area contributed by atoms with Gasteiger partial charge in [0.2, 0.25) is 0 Å². The van der Waals surface area contributed by atoms with Crippen LogP contribution in [0.4, 0.5) is 0 Å². The van der Waals surface area contributed by atoms with Crippen molar-refractivity contribution in [1.82, 2.24) is 4.98 Å². The average molecular weight is 225 g/mol. The van der Waals surface area contributed by atoms with Gasteiger partial charge in [-0.2, -0.15) is 0 Å². The number of esters is 1. The van der Waals surface area contributed by atoms with Crippen LogP contribution >= 0.6 is 0 Å². The van der Waals surface area contributed by atoms with Crippen molar-refractivity contribution in [2.24, 2.45) is 0 Å². The number of nitrogens with one attached hydrogen (secondary N) is 1. The van der Waals surface area contributed by atoms with Crippen LogP contribution in [0.1, 0.15) is 30.6 Å². The predicted octanol–water partition coefficient (Wildman–Crippen LogP) is 1.34. The van der Waals surface area contributed by atoms with Crippen LogP contribution in [0.2, 0.25) is 0 Å². The molecule has 0 saturated carbocycles. The fourth-order valence-corrected chi connectivity index (χ4v) is 1.14. The minimum absolute atomic E-state index is 0.205. The van der Waals surface area contributed by atoms with Gasteiger partial charge in [0, 0.05) is 12.1 Å². The SMILES string of the molecule is CCCOc1cc(C(=O)OCC)cc(=O)[nH]1. The van der Waals surface area contributed by atoms with Gasteiger partial charge in [-0.05, 0) is 13.3 Å². The van der Waals surface area contributed by atoms with E-state index in [1.54, 1.807) is 6.92 Å². The van der Waals surface area contributed by atoms with Crippen LogP contribution in [0, 0.1) is 0 Å². The lowest BCUT2D eigenvalue weighted by Gasteiger charge is -2.06. The maximum absolute atomic E-state index is 11.4. The molecule has 1 N–H and O–H groups in total. The normalized spacial score (nSPS) is 9.88. The second kappa shape index (κ2) is 5.95. The number of ether oxygens (including phenoxy) is 2. The monoisotopic (exact) mass is 225 g/mol. The first kappa shape index (κ1) is 12.3. The summed E-state index contributed by atoms with van der Waals surface area (Å²) < 4.78 is 10.0. The number of aromatic nitrogens is 1. The number of hydrogen-bond acceptors (Lipinski definition) is 4. The lowest BCUT2D eigenvalue weighted by Crippen LogP contribution is -2.13. The number of rotatable bonds is 5. The molecule has 0 atom stereocenters. The highest BCUT2D eigenvalue weighted by Crippen LogP contribution is 2.08. The molecular weight excluding hydrogens is 210 g/mol. The van der Waals surface area contributed by atoms with Gasteiger partial charge in [-0.25, -0.2) is 4.79 Å².